The van der Waals surface area contributed by atoms with E-state index in [-0.39, 0.29) is 11.1 Å². The molecule has 0 bridgehead atoms. The van der Waals surface area contributed by atoms with E-state index in [0.717, 1.165) is 21.5 Å². The largest absolute Gasteiger partial charge is 0.386 e. The van der Waals surface area contributed by atoms with Crippen molar-refractivity contribution in [3.8, 4) is 11.1 Å². The Morgan fingerprint density at radius 3 is 2.44 bits per heavy atom. The van der Waals surface area contributed by atoms with E-state index in [2.05, 4.69) is 32.4 Å². The van der Waals surface area contributed by atoms with Gasteiger partial charge in [-0.1, -0.05) is 0 Å². The van der Waals surface area contributed by atoms with Gasteiger partial charge in [-0.2, -0.15) is 5.16 Å². The summed E-state index contributed by atoms with van der Waals surface area (Å²) in [6.07, 6.45) is 0.966. The van der Waals surface area contributed by atoms with Gasteiger partial charge >= 0.3 is 0 Å². The molecule has 0 radical (unpaired) electrons. The van der Waals surface area contributed by atoms with E-state index in [1.807, 2.05) is 5.16 Å². The van der Waals surface area contributed by atoms with Crippen molar-refractivity contribution < 1.29 is 21.7 Å². The van der Waals surface area contributed by atoms with Crippen molar-refractivity contribution in [2.24, 2.45) is 5.14 Å². The minimum atomic E-state index is -4.57. The van der Waals surface area contributed by atoms with Crippen LogP contribution in [0.4, 0.5) is 20.2 Å². The highest BCUT2D eigenvalue weighted by Gasteiger charge is 2.27. The molecule has 0 fully saturated rings. The van der Waals surface area contributed by atoms with Crippen LogP contribution in [-0.2, 0) is 10.0 Å². The Labute approximate surface area is 165 Å². The zero-order chi connectivity index (χ0) is 19.9. The lowest BCUT2D eigenvalue weighted by Gasteiger charge is -2.16. The number of rotatable bonds is 4. The lowest BCUT2D eigenvalue weighted by Crippen LogP contribution is -2.17. The molecule has 3 aromatic rings. The highest BCUT2D eigenvalue weighted by Crippen LogP contribution is 2.36. The molecule has 1 aromatic heterocycles. The van der Waals surface area contributed by atoms with Crippen LogP contribution in [0.1, 0.15) is 5.56 Å². The number of benzene rings is 2. The number of nitrogens with one attached hydrogen (secondary N) is 2. The molecule has 3 rings (SSSR count). The SMILES string of the molecule is Cc1cc(I)ccc1Nc1c(-c2co[nH]c2=O)cc(S(N)(=O)=O)c(F)c1F. The van der Waals surface area contributed by atoms with Crippen LogP contribution in [0, 0.1) is 22.1 Å². The van der Waals surface area contributed by atoms with Crippen molar-refractivity contribution in [2.45, 2.75) is 11.8 Å². The van der Waals surface area contributed by atoms with Crippen molar-refractivity contribution in [3.05, 3.63) is 61.7 Å². The minimum Gasteiger partial charge on any atom is -0.386 e. The first-order valence-corrected chi connectivity index (χ1v) is 9.96. The van der Waals surface area contributed by atoms with E-state index < -0.39 is 37.8 Å². The maximum absolute atomic E-state index is 14.8. The molecular formula is C16H12F2IN3O4S. The number of hydrogen-bond acceptors (Lipinski definition) is 5. The third-order valence-electron chi connectivity index (χ3n) is 3.79. The number of aryl methyl sites for hydroxylation is 1. The van der Waals surface area contributed by atoms with E-state index in [0.29, 0.717) is 5.69 Å². The summed E-state index contributed by atoms with van der Waals surface area (Å²) in [6, 6.07) is 5.98. The van der Waals surface area contributed by atoms with Crippen LogP contribution in [0.3, 0.4) is 0 Å². The van der Waals surface area contributed by atoms with Crippen molar-refractivity contribution >= 4 is 44.0 Å². The second-order valence-corrected chi connectivity index (χ2v) is 8.41. The topological polar surface area (TPSA) is 118 Å². The summed E-state index contributed by atoms with van der Waals surface area (Å²) < 4.78 is 58.0. The summed E-state index contributed by atoms with van der Waals surface area (Å²) in [5, 5.41) is 9.70. The van der Waals surface area contributed by atoms with Gasteiger partial charge in [0.2, 0.25) is 10.0 Å². The van der Waals surface area contributed by atoms with Crippen LogP contribution in [0.15, 0.2) is 44.7 Å². The Morgan fingerprint density at radius 2 is 1.89 bits per heavy atom. The summed E-state index contributed by atoms with van der Waals surface area (Å²) >= 11 is 2.10. The van der Waals surface area contributed by atoms with E-state index in [1.54, 1.807) is 25.1 Å². The fraction of sp³-hybridized carbons (Fsp3) is 0.0625. The Bertz CT molecular complexity index is 1200. The normalized spacial score (nSPS) is 11.6. The molecule has 2 aromatic carbocycles. The molecule has 1 heterocycles. The van der Waals surface area contributed by atoms with Gasteiger partial charge in [-0.05, 0) is 59.3 Å². The van der Waals surface area contributed by atoms with Gasteiger partial charge in [0, 0.05) is 14.8 Å². The van der Waals surface area contributed by atoms with Gasteiger partial charge in [0.05, 0.1) is 11.3 Å². The molecule has 4 N–H and O–H groups in total. The molecule has 0 spiro atoms. The van der Waals surface area contributed by atoms with Crippen molar-refractivity contribution in [3.63, 3.8) is 0 Å². The van der Waals surface area contributed by atoms with Gasteiger partial charge in [-0.3, -0.25) is 4.79 Å². The van der Waals surface area contributed by atoms with E-state index in [4.69, 9.17) is 5.14 Å². The zero-order valence-corrected chi connectivity index (χ0v) is 16.6. The van der Waals surface area contributed by atoms with Gasteiger partial charge in [-0.15, -0.1) is 0 Å². The lowest BCUT2D eigenvalue weighted by atomic mass is 10.1. The molecule has 0 aliphatic rings. The van der Waals surface area contributed by atoms with Crippen LogP contribution in [0.25, 0.3) is 11.1 Å². The molecule has 142 valence electrons. The number of primary sulfonamides is 1. The monoisotopic (exact) mass is 507 g/mol. The Hall–Kier alpha value is -2.25. The molecule has 0 aliphatic carbocycles. The number of H-pyrrole nitrogens is 1. The summed E-state index contributed by atoms with van der Waals surface area (Å²) in [5.74, 6) is -3.14. The van der Waals surface area contributed by atoms with Crippen molar-refractivity contribution in [1.29, 1.82) is 0 Å². The third-order valence-corrected chi connectivity index (χ3v) is 5.37. The van der Waals surface area contributed by atoms with Crippen LogP contribution >= 0.6 is 22.6 Å². The molecule has 7 nitrogen and oxygen atoms in total. The fourth-order valence-corrected chi connectivity index (χ4v) is 3.75. The quantitative estimate of drug-likeness (QED) is 0.469. The van der Waals surface area contributed by atoms with E-state index in [9.17, 15) is 22.0 Å². The predicted molar refractivity (Wildman–Crippen MR) is 103 cm³/mol. The van der Waals surface area contributed by atoms with Crippen molar-refractivity contribution in [2.75, 3.05) is 5.32 Å². The second-order valence-electron chi connectivity index (χ2n) is 5.64. The second kappa shape index (κ2) is 7.05. The van der Waals surface area contributed by atoms with Crippen LogP contribution in [0.2, 0.25) is 0 Å². The highest BCUT2D eigenvalue weighted by molar-refractivity contribution is 14.1. The van der Waals surface area contributed by atoms with E-state index >= 15 is 0 Å². The van der Waals surface area contributed by atoms with Gasteiger partial charge in [0.15, 0.2) is 11.6 Å². The Balaban J connectivity index is 2.30. The Kier molecular flexibility index (Phi) is 5.10. The number of aromatic amines is 1. The number of sulfonamides is 1. The molecule has 0 saturated carbocycles. The van der Waals surface area contributed by atoms with Crippen LogP contribution in [-0.4, -0.2) is 13.6 Å². The molecule has 0 saturated heterocycles. The van der Waals surface area contributed by atoms with Gasteiger partial charge in [0.25, 0.3) is 5.56 Å². The average Bonchev–Trinajstić information content (AvgIpc) is 2.99. The number of nitrogens with two attached hydrogens (primary N) is 1. The molecule has 0 aliphatic heterocycles. The molecule has 0 amide bonds. The highest BCUT2D eigenvalue weighted by atomic mass is 127. The van der Waals surface area contributed by atoms with Gasteiger partial charge < -0.3 is 9.84 Å². The predicted octanol–water partition coefficient (Wildman–Crippen LogP) is 3.22. The summed E-state index contributed by atoms with van der Waals surface area (Å²) in [4.78, 5) is 10.8. The smallest absolute Gasteiger partial charge is 0.287 e. The summed E-state index contributed by atoms with van der Waals surface area (Å²) in [7, 11) is -4.57. The first-order chi connectivity index (χ1) is 12.6. The average molecular weight is 507 g/mol. The maximum atomic E-state index is 14.8. The number of hydrogen-bond donors (Lipinski definition) is 3. The zero-order valence-electron chi connectivity index (χ0n) is 13.6. The van der Waals surface area contributed by atoms with E-state index in [1.165, 1.54) is 0 Å². The third kappa shape index (κ3) is 3.75. The maximum Gasteiger partial charge on any atom is 0.287 e. The number of halogens is 3. The Morgan fingerprint density at radius 1 is 1.19 bits per heavy atom. The van der Waals surface area contributed by atoms with Crippen LogP contribution in [0.5, 0.6) is 0 Å². The van der Waals surface area contributed by atoms with Crippen LogP contribution < -0.4 is 16.0 Å². The van der Waals surface area contributed by atoms with Crippen molar-refractivity contribution in [1.82, 2.24) is 5.16 Å². The molecule has 11 heteroatoms. The lowest BCUT2D eigenvalue weighted by molar-refractivity contribution is 0.414. The minimum absolute atomic E-state index is 0.190. The molecule has 27 heavy (non-hydrogen) atoms. The molecular weight excluding hydrogens is 495 g/mol. The first-order valence-electron chi connectivity index (χ1n) is 7.34. The molecule has 0 unspecified atom stereocenters. The van der Waals surface area contributed by atoms with Gasteiger partial charge in [0.1, 0.15) is 11.2 Å². The van der Waals surface area contributed by atoms with Gasteiger partial charge in [-0.25, -0.2) is 22.3 Å². The summed E-state index contributed by atoms with van der Waals surface area (Å²) in [6.45, 7) is 1.75. The summed E-state index contributed by atoms with van der Waals surface area (Å²) in [5.41, 5.74) is -0.405. The number of anilines is 2. The fourth-order valence-electron chi connectivity index (χ4n) is 2.48. The first kappa shape index (κ1) is 19.5. The number of aromatic nitrogens is 1. The standard InChI is InChI=1S/C16H12F2IN3O4S/c1-7-4-8(19)2-3-11(7)21-15-9(10-6-26-22-16(10)23)5-12(27(20,24)25)13(17)14(15)18/h2-6,21H,1H3,(H,22,23)(H2,20,24,25). The molecule has 0 atom stereocenters.